The Balaban J connectivity index is 1.74. The van der Waals surface area contributed by atoms with Crippen LogP contribution in [0.5, 0.6) is 0 Å². The smallest absolute Gasteiger partial charge is 0.262 e. The Morgan fingerprint density at radius 1 is 0.957 bits per heavy atom. The summed E-state index contributed by atoms with van der Waals surface area (Å²) < 4.78 is 0. The molecule has 0 spiro atoms. The molecule has 1 unspecified atom stereocenters. The van der Waals surface area contributed by atoms with Gasteiger partial charge in [-0.3, -0.25) is 34.2 Å². The molecule has 2 N–H and O–H groups in total. The van der Waals surface area contributed by atoms with E-state index >= 15 is 0 Å². The molecule has 5 amide bonds. The van der Waals surface area contributed by atoms with Gasteiger partial charge in [-0.1, -0.05) is 0 Å². The van der Waals surface area contributed by atoms with Crippen molar-refractivity contribution >= 4 is 29.5 Å². The maximum absolute atomic E-state index is 12.5. The molecular formula is C15H11N3O5. The van der Waals surface area contributed by atoms with Gasteiger partial charge in [0.25, 0.3) is 17.7 Å². The van der Waals surface area contributed by atoms with Gasteiger partial charge in [0, 0.05) is 18.5 Å². The van der Waals surface area contributed by atoms with Crippen LogP contribution in [0.1, 0.15) is 49.5 Å². The van der Waals surface area contributed by atoms with Crippen LogP contribution in [0.3, 0.4) is 0 Å². The molecule has 0 bridgehead atoms. The minimum Gasteiger partial charge on any atom is -0.348 e. The summed E-state index contributed by atoms with van der Waals surface area (Å²) in [5, 5.41) is 4.77. The van der Waals surface area contributed by atoms with E-state index in [2.05, 4.69) is 10.6 Å². The van der Waals surface area contributed by atoms with Gasteiger partial charge < -0.3 is 5.32 Å². The molecule has 4 rings (SSSR count). The van der Waals surface area contributed by atoms with Crippen LogP contribution < -0.4 is 10.6 Å². The number of hydrogen-bond donors (Lipinski definition) is 2. The minimum absolute atomic E-state index is 0.0721. The van der Waals surface area contributed by atoms with Gasteiger partial charge in [-0.05, 0) is 24.1 Å². The molecule has 8 nitrogen and oxygen atoms in total. The van der Waals surface area contributed by atoms with Crippen molar-refractivity contribution in [3.8, 4) is 0 Å². The lowest BCUT2D eigenvalue weighted by Gasteiger charge is -2.27. The fourth-order valence-electron chi connectivity index (χ4n) is 3.19. The normalized spacial score (nSPS) is 22.9. The predicted octanol–water partition coefficient (Wildman–Crippen LogP) is -0.669. The number of benzene rings is 1. The molecule has 1 atom stereocenters. The highest BCUT2D eigenvalue weighted by Gasteiger charge is 2.45. The van der Waals surface area contributed by atoms with Crippen LogP contribution in [0.4, 0.5) is 0 Å². The third kappa shape index (κ3) is 1.81. The first-order valence-corrected chi connectivity index (χ1v) is 7.14. The van der Waals surface area contributed by atoms with Crippen LogP contribution in [0.2, 0.25) is 0 Å². The van der Waals surface area contributed by atoms with Crippen molar-refractivity contribution in [1.29, 1.82) is 0 Å². The number of amides is 5. The van der Waals surface area contributed by atoms with E-state index in [4.69, 9.17) is 0 Å². The van der Waals surface area contributed by atoms with Gasteiger partial charge in [-0.25, -0.2) is 0 Å². The molecule has 8 heteroatoms. The van der Waals surface area contributed by atoms with E-state index in [0.717, 1.165) is 4.90 Å². The van der Waals surface area contributed by atoms with Crippen molar-refractivity contribution in [2.24, 2.45) is 0 Å². The van der Waals surface area contributed by atoms with Crippen molar-refractivity contribution < 1.29 is 24.0 Å². The lowest BCUT2D eigenvalue weighted by molar-refractivity contribution is -0.136. The number of carbonyl (C=O) groups excluding carboxylic acids is 5. The van der Waals surface area contributed by atoms with E-state index in [9.17, 15) is 24.0 Å². The van der Waals surface area contributed by atoms with Crippen molar-refractivity contribution in [3.63, 3.8) is 0 Å². The van der Waals surface area contributed by atoms with Gasteiger partial charge in [0.15, 0.2) is 0 Å². The van der Waals surface area contributed by atoms with Crippen molar-refractivity contribution in [1.82, 2.24) is 15.5 Å². The largest absolute Gasteiger partial charge is 0.348 e. The summed E-state index contributed by atoms with van der Waals surface area (Å²) in [6.45, 7) is 0.307. The number of piperidine rings is 1. The SMILES string of the molecule is O=C1CCC(N2C(=O)c3cc4c(cc3C2=O)C(=O)NC4)C(=O)N1. The van der Waals surface area contributed by atoms with Crippen LogP contribution in [0, 0.1) is 0 Å². The highest BCUT2D eigenvalue weighted by atomic mass is 16.2. The first kappa shape index (κ1) is 13.6. The van der Waals surface area contributed by atoms with Gasteiger partial charge in [-0.15, -0.1) is 0 Å². The topological polar surface area (TPSA) is 113 Å². The molecule has 0 saturated carbocycles. The van der Waals surface area contributed by atoms with Crippen LogP contribution in [-0.2, 0) is 16.1 Å². The molecule has 0 aliphatic carbocycles. The molecule has 1 aromatic carbocycles. The fourth-order valence-corrected chi connectivity index (χ4v) is 3.19. The van der Waals surface area contributed by atoms with Crippen LogP contribution in [-0.4, -0.2) is 40.5 Å². The minimum atomic E-state index is -0.997. The number of imide groups is 2. The molecule has 3 aliphatic heterocycles. The molecule has 3 heterocycles. The molecule has 1 saturated heterocycles. The zero-order valence-electron chi connectivity index (χ0n) is 11.8. The maximum atomic E-state index is 12.5. The molecular weight excluding hydrogens is 302 g/mol. The van der Waals surface area contributed by atoms with Gasteiger partial charge in [0.05, 0.1) is 11.1 Å². The van der Waals surface area contributed by atoms with Crippen molar-refractivity contribution in [3.05, 3.63) is 34.4 Å². The zero-order chi connectivity index (χ0) is 16.3. The fraction of sp³-hybridized carbons (Fsp3) is 0.267. The first-order chi connectivity index (χ1) is 11.0. The average Bonchev–Trinajstić information content (AvgIpc) is 2.99. The van der Waals surface area contributed by atoms with E-state index in [1.54, 1.807) is 0 Å². The van der Waals surface area contributed by atoms with Crippen LogP contribution >= 0.6 is 0 Å². The highest BCUT2D eigenvalue weighted by molar-refractivity contribution is 6.24. The summed E-state index contributed by atoms with van der Waals surface area (Å²) in [6, 6.07) is 1.93. The molecule has 0 aromatic heterocycles. The Labute approximate surface area is 129 Å². The number of carbonyl (C=O) groups is 5. The highest BCUT2D eigenvalue weighted by Crippen LogP contribution is 2.31. The summed E-state index contributed by atoms with van der Waals surface area (Å²) in [7, 11) is 0. The monoisotopic (exact) mass is 313 g/mol. The van der Waals surface area contributed by atoms with E-state index in [1.165, 1.54) is 12.1 Å². The van der Waals surface area contributed by atoms with E-state index in [-0.39, 0.29) is 29.9 Å². The number of rotatable bonds is 1. The van der Waals surface area contributed by atoms with Crippen LogP contribution in [0.25, 0.3) is 0 Å². The Hall–Kier alpha value is -3.03. The first-order valence-electron chi connectivity index (χ1n) is 7.14. The quantitative estimate of drug-likeness (QED) is 0.668. The second-order valence-corrected chi connectivity index (χ2v) is 5.68. The molecule has 116 valence electrons. The lowest BCUT2D eigenvalue weighted by Crippen LogP contribution is -2.54. The third-order valence-electron chi connectivity index (χ3n) is 4.35. The second-order valence-electron chi connectivity index (χ2n) is 5.68. The Morgan fingerprint density at radius 2 is 1.65 bits per heavy atom. The number of hydrogen-bond acceptors (Lipinski definition) is 5. The van der Waals surface area contributed by atoms with Gasteiger partial charge in [0.1, 0.15) is 6.04 Å². The van der Waals surface area contributed by atoms with Crippen LogP contribution in [0.15, 0.2) is 12.1 Å². The Bertz CT molecular complexity index is 829. The van der Waals surface area contributed by atoms with Gasteiger partial charge >= 0.3 is 0 Å². The second kappa shape index (κ2) is 4.48. The Kier molecular flexibility index (Phi) is 2.65. The zero-order valence-corrected chi connectivity index (χ0v) is 11.8. The summed E-state index contributed by atoms with van der Waals surface area (Å²) in [5.74, 6) is -2.54. The number of nitrogens with one attached hydrogen (secondary N) is 2. The average molecular weight is 313 g/mol. The molecule has 1 aromatic rings. The van der Waals surface area contributed by atoms with E-state index in [1.807, 2.05) is 0 Å². The summed E-state index contributed by atoms with van der Waals surface area (Å²) >= 11 is 0. The summed E-state index contributed by atoms with van der Waals surface area (Å²) in [5.41, 5.74) is 1.33. The van der Waals surface area contributed by atoms with Gasteiger partial charge in [-0.2, -0.15) is 0 Å². The summed E-state index contributed by atoms with van der Waals surface area (Å²) in [6.07, 6.45) is 0.180. The Morgan fingerprint density at radius 3 is 2.35 bits per heavy atom. The van der Waals surface area contributed by atoms with E-state index in [0.29, 0.717) is 17.7 Å². The standard InChI is InChI=1S/C15H11N3O5/c19-11-2-1-10(13(21)17-11)18-14(22)8-3-6-5-16-12(20)7(6)4-9(8)15(18)23/h3-4,10H,1-2,5H2,(H,16,20)(H,17,19,21). The van der Waals surface area contributed by atoms with Crippen molar-refractivity contribution in [2.45, 2.75) is 25.4 Å². The third-order valence-corrected chi connectivity index (χ3v) is 4.35. The lowest BCUT2D eigenvalue weighted by atomic mass is 10.0. The molecule has 1 fully saturated rings. The maximum Gasteiger partial charge on any atom is 0.262 e. The van der Waals surface area contributed by atoms with Crippen molar-refractivity contribution in [2.75, 3.05) is 0 Å². The van der Waals surface area contributed by atoms with Gasteiger partial charge in [0.2, 0.25) is 11.8 Å². The molecule has 23 heavy (non-hydrogen) atoms. The number of fused-ring (bicyclic) bond motifs is 2. The molecule has 3 aliphatic rings. The van der Waals surface area contributed by atoms with E-state index < -0.39 is 29.7 Å². The summed E-state index contributed by atoms with van der Waals surface area (Å²) in [4.78, 5) is 60.9. The number of nitrogens with zero attached hydrogens (tertiary/aromatic N) is 1. The predicted molar refractivity (Wildman–Crippen MR) is 74.3 cm³/mol. The molecule has 0 radical (unpaired) electrons.